The summed E-state index contributed by atoms with van der Waals surface area (Å²) in [6.45, 7) is 2.55. The zero-order valence-corrected chi connectivity index (χ0v) is 22.3. The molecule has 1 unspecified atom stereocenters. The normalized spacial score (nSPS) is 14.9. The molecular weight excluding hydrogens is 507 g/mol. The Morgan fingerprint density at radius 1 is 1.03 bits per heavy atom. The van der Waals surface area contributed by atoms with Crippen LogP contribution in [0, 0.1) is 0 Å². The van der Waals surface area contributed by atoms with Crippen LogP contribution in [0.1, 0.15) is 63.9 Å². The summed E-state index contributed by atoms with van der Waals surface area (Å²) in [5.74, 6) is 0.488. The molecule has 35 heavy (non-hydrogen) atoms. The molecule has 2 amide bonds. The van der Waals surface area contributed by atoms with Gasteiger partial charge in [0.05, 0.1) is 6.61 Å². The molecule has 3 rings (SSSR count). The van der Waals surface area contributed by atoms with Gasteiger partial charge in [-0.25, -0.2) is 0 Å². The van der Waals surface area contributed by atoms with E-state index in [0.29, 0.717) is 40.3 Å². The molecule has 0 spiro atoms. The van der Waals surface area contributed by atoms with Crippen LogP contribution in [0.3, 0.4) is 0 Å². The van der Waals surface area contributed by atoms with E-state index in [0.717, 1.165) is 31.2 Å². The highest BCUT2D eigenvalue weighted by atomic mass is 35.5. The van der Waals surface area contributed by atoms with Crippen LogP contribution in [0.4, 0.5) is 0 Å². The summed E-state index contributed by atoms with van der Waals surface area (Å²) in [4.78, 5) is 28.3. The molecule has 0 radical (unpaired) electrons. The van der Waals surface area contributed by atoms with E-state index in [1.807, 2.05) is 6.92 Å². The van der Waals surface area contributed by atoms with Crippen molar-refractivity contribution in [2.45, 2.75) is 76.9 Å². The van der Waals surface area contributed by atoms with Crippen molar-refractivity contribution in [2.75, 3.05) is 6.61 Å². The summed E-state index contributed by atoms with van der Waals surface area (Å²) < 4.78 is 5.73. The number of benzene rings is 2. The van der Waals surface area contributed by atoms with E-state index in [4.69, 9.17) is 39.5 Å². The fourth-order valence-corrected chi connectivity index (χ4v) is 4.98. The third kappa shape index (κ3) is 8.59. The molecule has 0 heterocycles. The van der Waals surface area contributed by atoms with E-state index in [9.17, 15) is 9.59 Å². The van der Waals surface area contributed by atoms with Gasteiger partial charge in [0.15, 0.2) is 0 Å². The maximum Gasteiger partial charge on any atom is 0.243 e. The quantitative estimate of drug-likeness (QED) is 0.311. The second-order valence-corrected chi connectivity index (χ2v) is 10.2. The zero-order valence-electron chi connectivity index (χ0n) is 20.1. The standard InChI is InChI=1S/C27H33Cl3N2O3/c1-2-25(27(34)31-22-7-4-3-5-8-22)32(18-19-10-11-21(29)17-24(19)30)26(33)9-6-16-35-23-14-12-20(28)13-15-23/h10-15,17,22,25H,2-9,16,18H2,1H3,(H,31,34). The third-order valence-electron chi connectivity index (χ3n) is 6.31. The van der Waals surface area contributed by atoms with E-state index >= 15 is 0 Å². The molecule has 1 N–H and O–H groups in total. The van der Waals surface area contributed by atoms with Crippen LogP contribution in [-0.2, 0) is 16.1 Å². The number of nitrogens with one attached hydrogen (secondary N) is 1. The van der Waals surface area contributed by atoms with Crippen LogP contribution in [0.5, 0.6) is 5.75 Å². The average Bonchev–Trinajstić information content (AvgIpc) is 2.84. The molecule has 1 fully saturated rings. The van der Waals surface area contributed by atoms with Gasteiger partial charge in [-0.05, 0) is 67.6 Å². The fraction of sp³-hybridized carbons (Fsp3) is 0.481. The molecule has 0 aliphatic heterocycles. The van der Waals surface area contributed by atoms with Crippen molar-refractivity contribution in [1.29, 1.82) is 0 Å². The molecule has 190 valence electrons. The van der Waals surface area contributed by atoms with Gasteiger partial charge in [0.25, 0.3) is 0 Å². The molecule has 1 aliphatic carbocycles. The van der Waals surface area contributed by atoms with E-state index in [-0.39, 0.29) is 30.8 Å². The first-order chi connectivity index (χ1) is 16.9. The lowest BCUT2D eigenvalue weighted by atomic mass is 9.95. The fourth-order valence-electron chi connectivity index (χ4n) is 4.39. The van der Waals surface area contributed by atoms with E-state index in [1.54, 1.807) is 47.4 Å². The number of amides is 2. The van der Waals surface area contributed by atoms with E-state index in [1.165, 1.54) is 6.42 Å². The second kappa shape index (κ2) is 14.0. The number of hydrogen-bond acceptors (Lipinski definition) is 3. The van der Waals surface area contributed by atoms with Gasteiger partial charge in [-0.2, -0.15) is 0 Å². The number of carbonyl (C=O) groups excluding carboxylic acids is 2. The summed E-state index contributed by atoms with van der Waals surface area (Å²) in [6.07, 6.45) is 6.72. The third-order valence-corrected chi connectivity index (χ3v) is 7.15. The van der Waals surface area contributed by atoms with Crippen LogP contribution >= 0.6 is 34.8 Å². The first-order valence-electron chi connectivity index (χ1n) is 12.3. The van der Waals surface area contributed by atoms with Gasteiger partial charge in [-0.3, -0.25) is 9.59 Å². The lowest BCUT2D eigenvalue weighted by molar-refractivity contribution is -0.142. The van der Waals surface area contributed by atoms with E-state index in [2.05, 4.69) is 5.32 Å². The minimum atomic E-state index is -0.576. The van der Waals surface area contributed by atoms with E-state index < -0.39 is 6.04 Å². The largest absolute Gasteiger partial charge is 0.494 e. The highest BCUT2D eigenvalue weighted by Gasteiger charge is 2.30. The first kappa shape index (κ1) is 27.6. The van der Waals surface area contributed by atoms with Crippen molar-refractivity contribution in [3.05, 3.63) is 63.1 Å². The van der Waals surface area contributed by atoms with Gasteiger partial charge in [0, 0.05) is 34.1 Å². The van der Waals surface area contributed by atoms with Crippen LogP contribution in [0.15, 0.2) is 42.5 Å². The van der Waals surface area contributed by atoms with Crippen LogP contribution in [-0.4, -0.2) is 35.4 Å². The van der Waals surface area contributed by atoms with Crippen LogP contribution < -0.4 is 10.1 Å². The molecular formula is C27H33Cl3N2O3. The number of nitrogens with zero attached hydrogens (tertiary/aromatic N) is 1. The highest BCUT2D eigenvalue weighted by molar-refractivity contribution is 6.35. The molecule has 0 bridgehead atoms. The molecule has 0 aromatic heterocycles. The van der Waals surface area contributed by atoms with Crippen LogP contribution in [0.25, 0.3) is 0 Å². The molecule has 1 aliphatic rings. The average molecular weight is 540 g/mol. The Morgan fingerprint density at radius 3 is 2.37 bits per heavy atom. The Balaban J connectivity index is 1.67. The summed E-state index contributed by atoms with van der Waals surface area (Å²) in [6, 6.07) is 11.9. The Morgan fingerprint density at radius 2 is 1.71 bits per heavy atom. The van der Waals surface area contributed by atoms with Crippen molar-refractivity contribution < 1.29 is 14.3 Å². The number of hydrogen-bond donors (Lipinski definition) is 1. The van der Waals surface area contributed by atoms with Gasteiger partial charge < -0.3 is 15.0 Å². The molecule has 8 heteroatoms. The van der Waals surface area contributed by atoms with Crippen molar-refractivity contribution in [2.24, 2.45) is 0 Å². The van der Waals surface area contributed by atoms with Crippen molar-refractivity contribution in [3.8, 4) is 5.75 Å². The van der Waals surface area contributed by atoms with Crippen molar-refractivity contribution in [3.63, 3.8) is 0 Å². The van der Waals surface area contributed by atoms with Crippen molar-refractivity contribution in [1.82, 2.24) is 10.2 Å². The lowest BCUT2D eigenvalue weighted by Crippen LogP contribution is -2.51. The minimum Gasteiger partial charge on any atom is -0.494 e. The molecule has 5 nitrogen and oxygen atoms in total. The Bertz CT molecular complexity index is 978. The van der Waals surface area contributed by atoms with Gasteiger partial charge in [0.1, 0.15) is 11.8 Å². The topological polar surface area (TPSA) is 58.6 Å². The van der Waals surface area contributed by atoms with Gasteiger partial charge in [0.2, 0.25) is 11.8 Å². The zero-order chi connectivity index (χ0) is 25.2. The van der Waals surface area contributed by atoms with Gasteiger partial charge >= 0.3 is 0 Å². The number of carbonyl (C=O) groups is 2. The number of rotatable bonds is 11. The molecule has 0 saturated heterocycles. The summed E-state index contributed by atoms with van der Waals surface area (Å²) >= 11 is 18.4. The minimum absolute atomic E-state index is 0.102. The van der Waals surface area contributed by atoms with Crippen molar-refractivity contribution >= 4 is 46.6 Å². The molecule has 1 saturated carbocycles. The SMILES string of the molecule is CCC(C(=O)NC1CCCCC1)N(Cc1ccc(Cl)cc1Cl)C(=O)CCCOc1ccc(Cl)cc1. The number of halogens is 3. The van der Waals surface area contributed by atoms with Gasteiger partial charge in [-0.1, -0.05) is 67.1 Å². The maximum absolute atomic E-state index is 13.4. The number of ether oxygens (including phenoxy) is 1. The lowest BCUT2D eigenvalue weighted by Gasteiger charge is -2.33. The summed E-state index contributed by atoms with van der Waals surface area (Å²) in [5, 5.41) is 4.83. The molecule has 2 aromatic carbocycles. The Kier molecular flexibility index (Phi) is 11.0. The Hall–Kier alpha value is -1.95. The maximum atomic E-state index is 13.4. The van der Waals surface area contributed by atoms with Gasteiger partial charge in [-0.15, -0.1) is 0 Å². The predicted molar refractivity (Wildman–Crippen MR) is 142 cm³/mol. The molecule has 1 atom stereocenters. The summed E-state index contributed by atoms with van der Waals surface area (Å²) in [5.41, 5.74) is 0.755. The predicted octanol–water partition coefficient (Wildman–Crippen LogP) is 7.06. The first-order valence-corrected chi connectivity index (χ1v) is 13.4. The summed E-state index contributed by atoms with van der Waals surface area (Å²) in [7, 11) is 0. The van der Waals surface area contributed by atoms with Crippen LogP contribution in [0.2, 0.25) is 15.1 Å². The molecule has 2 aromatic rings. The smallest absolute Gasteiger partial charge is 0.243 e. The Labute approximate surface area is 223 Å². The monoisotopic (exact) mass is 538 g/mol. The second-order valence-electron chi connectivity index (χ2n) is 8.93. The highest BCUT2D eigenvalue weighted by Crippen LogP contribution is 2.25.